The van der Waals surface area contributed by atoms with E-state index in [1.54, 1.807) is 0 Å². The number of aromatic nitrogens is 2. The minimum Gasteiger partial charge on any atom is -0.364 e. The summed E-state index contributed by atoms with van der Waals surface area (Å²) in [4.78, 5) is 17.3. The molecule has 7 heteroatoms. The molecule has 86 valence electrons. The Morgan fingerprint density at radius 2 is 2.12 bits per heavy atom. The zero-order valence-corrected chi connectivity index (χ0v) is 8.79. The average Bonchev–Trinajstić information content (AvgIpc) is 2.79. The van der Waals surface area contributed by atoms with Crippen molar-refractivity contribution in [2.75, 3.05) is 5.43 Å². The van der Waals surface area contributed by atoms with Crippen LogP contribution in [0.25, 0.3) is 0 Å². The Hall–Kier alpha value is -2.70. The zero-order valence-electron chi connectivity index (χ0n) is 8.79. The lowest BCUT2D eigenvalue weighted by atomic mass is 10.3. The van der Waals surface area contributed by atoms with Gasteiger partial charge in [0.1, 0.15) is 0 Å². The molecule has 0 spiro atoms. The van der Waals surface area contributed by atoms with E-state index < -0.39 is 5.91 Å². The molecule has 0 bridgehead atoms. The molecule has 0 aliphatic heterocycles. The van der Waals surface area contributed by atoms with Crippen molar-refractivity contribution in [1.29, 1.82) is 0 Å². The minimum atomic E-state index is -0.629. The fourth-order valence-electron chi connectivity index (χ4n) is 1.19. The normalized spacial score (nSPS) is 10.6. The van der Waals surface area contributed by atoms with Gasteiger partial charge in [0, 0.05) is 0 Å². The Labute approximate surface area is 96.8 Å². The lowest BCUT2D eigenvalue weighted by molar-refractivity contribution is 0.0996. The molecule has 1 aromatic carbocycles. The summed E-state index contributed by atoms with van der Waals surface area (Å²) >= 11 is 0. The first-order valence-corrected chi connectivity index (χ1v) is 4.82. The quantitative estimate of drug-likeness (QED) is 0.548. The van der Waals surface area contributed by atoms with Crippen molar-refractivity contribution in [2.24, 2.45) is 16.1 Å². The number of rotatable bonds is 4. The van der Waals surface area contributed by atoms with Gasteiger partial charge in [-0.25, -0.2) is 4.98 Å². The Morgan fingerprint density at radius 3 is 2.82 bits per heavy atom. The molecule has 0 radical (unpaired) electrons. The summed E-state index contributed by atoms with van der Waals surface area (Å²) in [5.41, 5.74) is 8.72. The summed E-state index contributed by atoms with van der Waals surface area (Å²) in [5, 5.41) is 7.47. The van der Waals surface area contributed by atoms with Crippen LogP contribution in [0.2, 0.25) is 0 Å². The third kappa shape index (κ3) is 2.65. The van der Waals surface area contributed by atoms with Crippen LogP contribution in [0, 0.1) is 0 Å². The number of H-pyrrole nitrogens is 1. The summed E-state index contributed by atoms with van der Waals surface area (Å²) in [7, 11) is 0. The SMILES string of the molecule is NC(=O)c1[nH]cnc1/N=N/Nc1ccccc1. The van der Waals surface area contributed by atoms with Crippen LogP contribution in [-0.2, 0) is 0 Å². The number of amides is 1. The monoisotopic (exact) mass is 230 g/mol. The van der Waals surface area contributed by atoms with Crippen molar-refractivity contribution >= 4 is 17.4 Å². The van der Waals surface area contributed by atoms with Crippen molar-refractivity contribution < 1.29 is 4.79 Å². The van der Waals surface area contributed by atoms with Gasteiger partial charge in [-0.2, -0.15) is 0 Å². The number of anilines is 1. The van der Waals surface area contributed by atoms with E-state index >= 15 is 0 Å². The first-order valence-electron chi connectivity index (χ1n) is 4.82. The van der Waals surface area contributed by atoms with Gasteiger partial charge in [-0.05, 0) is 12.1 Å². The van der Waals surface area contributed by atoms with E-state index in [-0.39, 0.29) is 11.5 Å². The Bertz CT molecular complexity index is 533. The minimum absolute atomic E-state index is 0.128. The van der Waals surface area contributed by atoms with E-state index in [2.05, 4.69) is 25.7 Å². The number of nitrogens with zero attached hydrogens (tertiary/aromatic N) is 3. The van der Waals surface area contributed by atoms with Crippen molar-refractivity contribution in [2.45, 2.75) is 0 Å². The average molecular weight is 230 g/mol. The number of carbonyl (C=O) groups is 1. The first-order chi connectivity index (χ1) is 8.27. The maximum absolute atomic E-state index is 10.9. The summed E-state index contributed by atoms with van der Waals surface area (Å²) < 4.78 is 0. The number of imidazole rings is 1. The number of hydrogen-bond donors (Lipinski definition) is 3. The molecule has 2 aromatic rings. The van der Waals surface area contributed by atoms with Crippen LogP contribution in [0.15, 0.2) is 47.0 Å². The van der Waals surface area contributed by atoms with Gasteiger partial charge >= 0.3 is 0 Å². The highest BCUT2D eigenvalue weighted by molar-refractivity contribution is 5.94. The molecule has 4 N–H and O–H groups in total. The third-order valence-corrected chi connectivity index (χ3v) is 1.96. The van der Waals surface area contributed by atoms with Crippen LogP contribution in [0.3, 0.4) is 0 Å². The van der Waals surface area contributed by atoms with Gasteiger partial charge in [0.2, 0.25) is 5.82 Å². The number of primary amides is 1. The number of benzene rings is 1. The molecule has 0 saturated carbocycles. The smallest absolute Gasteiger partial charge is 0.269 e. The van der Waals surface area contributed by atoms with E-state index in [9.17, 15) is 4.79 Å². The van der Waals surface area contributed by atoms with E-state index in [4.69, 9.17) is 5.73 Å². The largest absolute Gasteiger partial charge is 0.364 e. The van der Waals surface area contributed by atoms with Crippen LogP contribution in [0.4, 0.5) is 11.5 Å². The highest BCUT2D eigenvalue weighted by atomic mass is 16.1. The highest BCUT2D eigenvalue weighted by Crippen LogP contribution is 2.13. The van der Waals surface area contributed by atoms with Crippen molar-refractivity contribution in [1.82, 2.24) is 9.97 Å². The number of nitrogens with one attached hydrogen (secondary N) is 2. The molecule has 0 aliphatic rings. The van der Waals surface area contributed by atoms with Crippen LogP contribution >= 0.6 is 0 Å². The van der Waals surface area contributed by atoms with Crippen molar-refractivity contribution in [3.8, 4) is 0 Å². The molecule has 1 aromatic heterocycles. The summed E-state index contributed by atoms with van der Waals surface area (Å²) in [5.74, 6) is -0.475. The molecule has 7 nitrogen and oxygen atoms in total. The van der Waals surface area contributed by atoms with E-state index in [0.29, 0.717) is 0 Å². The summed E-state index contributed by atoms with van der Waals surface area (Å²) in [6.07, 6.45) is 1.33. The second-order valence-electron chi connectivity index (χ2n) is 3.14. The highest BCUT2D eigenvalue weighted by Gasteiger charge is 2.09. The van der Waals surface area contributed by atoms with E-state index in [1.165, 1.54) is 6.33 Å². The molecule has 0 saturated heterocycles. The van der Waals surface area contributed by atoms with Gasteiger partial charge in [-0.15, -0.1) is 5.11 Å². The van der Waals surface area contributed by atoms with Gasteiger partial charge in [0.05, 0.1) is 12.0 Å². The van der Waals surface area contributed by atoms with Gasteiger partial charge in [0.25, 0.3) is 5.91 Å². The molecule has 0 atom stereocenters. The zero-order chi connectivity index (χ0) is 12.1. The van der Waals surface area contributed by atoms with Crippen LogP contribution < -0.4 is 11.2 Å². The Kier molecular flexibility index (Phi) is 3.10. The molecule has 1 heterocycles. The molecule has 0 unspecified atom stereocenters. The fourth-order valence-corrected chi connectivity index (χ4v) is 1.19. The molecular formula is C10H10N6O. The van der Waals surface area contributed by atoms with Crippen molar-refractivity contribution in [3.63, 3.8) is 0 Å². The number of aromatic amines is 1. The molecule has 0 aliphatic carbocycles. The Morgan fingerprint density at radius 1 is 1.35 bits per heavy atom. The molecule has 1 amide bonds. The van der Waals surface area contributed by atoms with Gasteiger partial charge in [-0.1, -0.05) is 23.4 Å². The standard InChI is InChI=1S/C10H10N6O/c11-9(17)8-10(13-6-12-8)15-16-14-7-4-2-1-3-5-7/h1-6H,(H2,11,17)(H,12,13)(H,14,15). The number of hydrogen-bond acceptors (Lipinski definition) is 4. The number of nitrogens with two attached hydrogens (primary N) is 1. The predicted octanol–water partition coefficient (Wildman–Crippen LogP) is 1.62. The number of para-hydroxylation sites is 1. The lowest BCUT2D eigenvalue weighted by Crippen LogP contribution is -2.11. The van der Waals surface area contributed by atoms with Gasteiger partial charge < -0.3 is 10.7 Å². The van der Waals surface area contributed by atoms with Gasteiger partial charge in [0.15, 0.2) is 5.69 Å². The predicted molar refractivity (Wildman–Crippen MR) is 61.7 cm³/mol. The fraction of sp³-hybridized carbons (Fsp3) is 0. The topological polar surface area (TPSA) is 109 Å². The molecule has 0 fully saturated rings. The summed E-state index contributed by atoms with van der Waals surface area (Å²) in [6, 6.07) is 9.28. The van der Waals surface area contributed by atoms with Crippen molar-refractivity contribution in [3.05, 3.63) is 42.4 Å². The maximum Gasteiger partial charge on any atom is 0.269 e. The van der Waals surface area contributed by atoms with Crippen LogP contribution in [0.1, 0.15) is 10.5 Å². The lowest BCUT2D eigenvalue weighted by Gasteiger charge is -1.96. The van der Waals surface area contributed by atoms with Crippen LogP contribution in [0.5, 0.6) is 0 Å². The second kappa shape index (κ2) is 4.88. The summed E-state index contributed by atoms with van der Waals surface area (Å²) in [6.45, 7) is 0. The van der Waals surface area contributed by atoms with Crippen LogP contribution in [-0.4, -0.2) is 15.9 Å². The molecule has 17 heavy (non-hydrogen) atoms. The molecule has 2 rings (SSSR count). The van der Waals surface area contributed by atoms with Gasteiger partial charge in [-0.3, -0.25) is 10.2 Å². The maximum atomic E-state index is 10.9. The third-order valence-electron chi connectivity index (χ3n) is 1.96. The molecular weight excluding hydrogens is 220 g/mol. The van der Waals surface area contributed by atoms with E-state index in [1.807, 2.05) is 30.3 Å². The number of carbonyl (C=O) groups excluding carboxylic acids is 1. The second-order valence-corrected chi connectivity index (χ2v) is 3.14. The first kappa shape index (κ1) is 10.8. The Balaban J connectivity index is 2.06. The van der Waals surface area contributed by atoms with E-state index in [0.717, 1.165) is 5.69 Å².